The molecule has 0 radical (unpaired) electrons. The minimum absolute atomic E-state index is 0.108. The van der Waals surface area contributed by atoms with Crippen molar-refractivity contribution in [2.45, 2.75) is 19.0 Å². The second kappa shape index (κ2) is 6.27. The van der Waals surface area contributed by atoms with Gasteiger partial charge >= 0.3 is 5.97 Å². The highest BCUT2D eigenvalue weighted by Crippen LogP contribution is 2.09. The first kappa shape index (κ1) is 13.5. The van der Waals surface area contributed by atoms with E-state index >= 15 is 0 Å². The first-order chi connectivity index (χ1) is 7.99. The summed E-state index contributed by atoms with van der Waals surface area (Å²) in [6.45, 7) is 0.333. The lowest BCUT2D eigenvalue weighted by Gasteiger charge is -2.10. The topological polar surface area (TPSA) is 75.3 Å². The molecule has 0 aliphatic rings. The molecule has 6 heteroatoms. The van der Waals surface area contributed by atoms with Crippen molar-refractivity contribution < 1.29 is 18.7 Å². The largest absolute Gasteiger partial charge is 0.481 e. The predicted molar refractivity (Wildman–Crippen MR) is 58.3 cm³/mol. The fraction of sp³-hybridized carbons (Fsp3) is 0.364. The predicted octanol–water partition coefficient (Wildman–Crippen LogP) is 0.856. The third kappa shape index (κ3) is 4.88. The summed E-state index contributed by atoms with van der Waals surface area (Å²) in [4.78, 5) is 10.3. The van der Waals surface area contributed by atoms with Crippen LogP contribution in [0.2, 0.25) is 0 Å². The van der Waals surface area contributed by atoms with Crippen molar-refractivity contribution in [3.8, 4) is 0 Å². The van der Waals surface area contributed by atoms with E-state index in [-0.39, 0.29) is 25.1 Å². The summed E-state index contributed by atoms with van der Waals surface area (Å²) in [5.41, 5.74) is 5.68. The Balaban J connectivity index is 2.40. The molecule has 1 aromatic carbocycles. The Bertz CT molecular complexity index is 399. The molecule has 0 saturated carbocycles. The minimum atomic E-state index is -0.990. The fourth-order valence-corrected chi connectivity index (χ4v) is 1.37. The first-order valence-corrected chi connectivity index (χ1v) is 5.11. The van der Waals surface area contributed by atoms with Crippen molar-refractivity contribution in [3.63, 3.8) is 0 Å². The van der Waals surface area contributed by atoms with Crippen LogP contribution in [0.1, 0.15) is 12.0 Å². The normalized spacial score (nSPS) is 12.4. The Morgan fingerprint density at radius 1 is 1.47 bits per heavy atom. The van der Waals surface area contributed by atoms with E-state index in [4.69, 9.17) is 10.8 Å². The zero-order valence-electron chi connectivity index (χ0n) is 9.12. The Hall–Kier alpha value is -1.53. The summed E-state index contributed by atoms with van der Waals surface area (Å²) in [7, 11) is 0. The number of hydrogen-bond acceptors (Lipinski definition) is 3. The molecular formula is C11H14F2N2O2. The second-order valence-electron chi connectivity index (χ2n) is 3.72. The van der Waals surface area contributed by atoms with Crippen LogP contribution in [0.25, 0.3) is 0 Å². The van der Waals surface area contributed by atoms with Crippen LogP contribution in [-0.2, 0) is 11.3 Å². The molecule has 0 amide bonds. The van der Waals surface area contributed by atoms with E-state index in [1.165, 1.54) is 0 Å². The lowest BCUT2D eigenvalue weighted by molar-refractivity contribution is -0.137. The number of carboxylic acids is 1. The van der Waals surface area contributed by atoms with Gasteiger partial charge in [-0.05, 0) is 18.2 Å². The molecule has 1 rings (SSSR count). The standard InChI is InChI=1S/C11H14F2N2O2/c12-8-1-2-10(13)7(3-8)5-15-6-9(14)4-11(16)17/h1-3,9,15H,4-6,14H2,(H,16,17). The average molecular weight is 244 g/mol. The Labute approximate surface area is 97.4 Å². The highest BCUT2D eigenvalue weighted by atomic mass is 19.1. The van der Waals surface area contributed by atoms with Crippen LogP contribution in [0.3, 0.4) is 0 Å². The van der Waals surface area contributed by atoms with Crippen LogP contribution in [0.4, 0.5) is 8.78 Å². The summed E-state index contributed by atoms with van der Waals surface area (Å²) in [6.07, 6.45) is -0.168. The molecule has 1 aromatic rings. The number of nitrogens with two attached hydrogens (primary N) is 1. The number of nitrogens with one attached hydrogen (secondary N) is 1. The summed E-state index contributed by atoms with van der Waals surface area (Å²) >= 11 is 0. The smallest absolute Gasteiger partial charge is 0.304 e. The molecule has 0 spiro atoms. The molecule has 1 unspecified atom stereocenters. The molecule has 4 nitrogen and oxygen atoms in total. The summed E-state index contributed by atoms with van der Waals surface area (Å²) in [5.74, 6) is -2.01. The second-order valence-corrected chi connectivity index (χ2v) is 3.72. The zero-order chi connectivity index (χ0) is 12.8. The van der Waals surface area contributed by atoms with Gasteiger partial charge in [-0.15, -0.1) is 0 Å². The lowest BCUT2D eigenvalue weighted by atomic mass is 10.2. The van der Waals surface area contributed by atoms with E-state index in [9.17, 15) is 13.6 Å². The SMILES string of the molecule is NC(CNCc1cc(F)ccc1F)CC(=O)O. The molecule has 1 atom stereocenters. The molecule has 17 heavy (non-hydrogen) atoms. The van der Waals surface area contributed by atoms with Gasteiger partial charge in [0, 0.05) is 24.7 Å². The van der Waals surface area contributed by atoms with Crippen LogP contribution in [-0.4, -0.2) is 23.7 Å². The monoisotopic (exact) mass is 244 g/mol. The zero-order valence-corrected chi connectivity index (χ0v) is 9.12. The summed E-state index contributed by atoms with van der Waals surface area (Å²) in [5, 5.41) is 11.2. The number of aliphatic carboxylic acids is 1. The van der Waals surface area contributed by atoms with E-state index in [1.54, 1.807) is 0 Å². The number of carboxylic acid groups (broad SMARTS) is 1. The van der Waals surface area contributed by atoms with Gasteiger partial charge in [0.1, 0.15) is 11.6 Å². The van der Waals surface area contributed by atoms with Gasteiger partial charge in [-0.25, -0.2) is 8.78 Å². The van der Waals surface area contributed by atoms with Gasteiger partial charge in [-0.3, -0.25) is 4.79 Å². The molecule has 0 aliphatic carbocycles. The summed E-state index contributed by atoms with van der Waals surface area (Å²) in [6, 6.07) is 2.62. The molecule has 94 valence electrons. The van der Waals surface area contributed by atoms with E-state index in [1.807, 2.05) is 0 Å². The van der Waals surface area contributed by atoms with Crippen molar-refractivity contribution >= 4 is 5.97 Å². The maximum Gasteiger partial charge on any atom is 0.304 e. The van der Waals surface area contributed by atoms with Gasteiger partial charge in [-0.2, -0.15) is 0 Å². The summed E-state index contributed by atoms with van der Waals surface area (Å²) < 4.78 is 26.0. The number of carbonyl (C=O) groups is 1. The van der Waals surface area contributed by atoms with Crippen molar-refractivity contribution in [3.05, 3.63) is 35.4 Å². The van der Waals surface area contributed by atoms with Crippen LogP contribution in [0.15, 0.2) is 18.2 Å². The third-order valence-corrected chi connectivity index (χ3v) is 2.17. The Morgan fingerprint density at radius 2 is 2.18 bits per heavy atom. The van der Waals surface area contributed by atoms with Crippen molar-refractivity contribution in [1.29, 1.82) is 0 Å². The van der Waals surface area contributed by atoms with Gasteiger partial charge in [0.25, 0.3) is 0 Å². The van der Waals surface area contributed by atoms with Crippen LogP contribution >= 0.6 is 0 Å². The minimum Gasteiger partial charge on any atom is -0.481 e. The van der Waals surface area contributed by atoms with Crippen LogP contribution in [0.5, 0.6) is 0 Å². The van der Waals surface area contributed by atoms with Crippen LogP contribution < -0.4 is 11.1 Å². The van der Waals surface area contributed by atoms with E-state index in [0.717, 1.165) is 18.2 Å². The van der Waals surface area contributed by atoms with Gasteiger partial charge in [0.05, 0.1) is 6.42 Å². The lowest BCUT2D eigenvalue weighted by Crippen LogP contribution is -2.35. The number of rotatable bonds is 6. The van der Waals surface area contributed by atoms with Crippen molar-refractivity contribution in [2.75, 3.05) is 6.54 Å². The number of hydrogen-bond donors (Lipinski definition) is 3. The van der Waals surface area contributed by atoms with Crippen molar-refractivity contribution in [2.24, 2.45) is 5.73 Å². The third-order valence-electron chi connectivity index (χ3n) is 2.17. The van der Waals surface area contributed by atoms with E-state index in [2.05, 4.69) is 5.32 Å². The van der Waals surface area contributed by atoms with Gasteiger partial charge < -0.3 is 16.2 Å². The molecule has 0 fully saturated rings. The Morgan fingerprint density at radius 3 is 2.82 bits per heavy atom. The Kier molecular flexibility index (Phi) is 4.99. The number of benzene rings is 1. The highest BCUT2D eigenvalue weighted by Gasteiger charge is 2.08. The fourth-order valence-electron chi connectivity index (χ4n) is 1.37. The maximum atomic E-state index is 13.2. The molecule has 0 aliphatic heterocycles. The molecular weight excluding hydrogens is 230 g/mol. The molecule has 0 heterocycles. The molecule has 0 saturated heterocycles. The van der Waals surface area contributed by atoms with Crippen molar-refractivity contribution in [1.82, 2.24) is 5.32 Å². The van der Waals surface area contributed by atoms with Gasteiger partial charge in [-0.1, -0.05) is 0 Å². The maximum absolute atomic E-state index is 13.2. The quantitative estimate of drug-likeness (QED) is 0.693. The van der Waals surface area contributed by atoms with E-state index < -0.39 is 23.6 Å². The first-order valence-electron chi connectivity index (χ1n) is 5.11. The van der Waals surface area contributed by atoms with Gasteiger partial charge in [0.15, 0.2) is 0 Å². The van der Waals surface area contributed by atoms with Crippen LogP contribution in [0, 0.1) is 11.6 Å². The average Bonchev–Trinajstić information content (AvgIpc) is 2.22. The molecule has 4 N–H and O–H groups in total. The van der Waals surface area contributed by atoms with Gasteiger partial charge in [0.2, 0.25) is 0 Å². The molecule has 0 bridgehead atoms. The van der Waals surface area contributed by atoms with E-state index in [0.29, 0.717) is 0 Å². The molecule has 0 aromatic heterocycles. The number of halogens is 2. The highest BCUT2D eigenvalue weighted by molar-refractivity contribution is 5.67.